The first kappa shape index (κ1) is 13.2. The van der Waals surface area contributed by atoms with Crippen LogP contribution in [0.25, 0.3) is 10.8 Å². The molecule has 2 aromatic carbocycles. The van der Waals surface area contributed by atoms with Crippen molar-refractivity contribution in [3.63, 3.8) is 0 Å². The molecule has 1 aliphatic rings. The van der Waals surface area contributed by atoms with Gasteiger partial charge in [0.05, 0.1) is 10.6 Å². The van der Waals surface area contributed by atoms with Crippen LogP contribution in [0.5, 0.6) is 0 Å². The predicted molar refractivity (Wildman–Crippen MR) is 84.4 cm³/mol. The number of hydrogen-bond donors (Lipinski definition) is 0. The van der Waals surface area contributed by atoms with Gasteiger partial charge in [0, 0.05) is 18.2 Å². The van der Waals surface area contributed by atoms with Crippen LogP contribution >= 0.6 is 0 Å². The molecule has 1 unspecified atom stereocenters. The lowest BCUT2D eigenvalue weighted by Gasteiger charge is -2.07. The van der Waals surface area contributed by atoms with E-state index in [9.17, 15) is 10.1 Å². The zero-order valence-electron chi connectivity index (χ0n) is 11.3. The smallest absolute Gasteiger partial charge is 0.261 e. The van der Waals surface area contributed by atoms with Crippen molar-refractivity contribution in [2.75, 3.05) is 0 Å². The predicted octanol–water partition coefficient (Wildman–Crippen LogP) is 4.28. The van der Waals surface area contributed by atoms with Crippen LogP contribution in [0.3, 0.4) is 0 Å². The molecule has 21 heavy (non-hydrogen) atoms. The lowest BCUT2D eigenvalue weighted by molar-refractivity contribution is -0.419. The maximum Gasteiger partial charge on any atom is 0.265 e. The molecular formula is C17H14N2O2. The van der Waals surface area contributed by atoms with Gasteiger partial charge in [-0.3, -0.25) is 15.1 Å². The summed E-state index contributed by atoms with van der Waals surface area (Å²) in [6.45, 7) is 0. The average Bonchev–Trinajstić information content (AvgIpc) is 2.53. The molecule has 0 heterocycles. The second kappa shape index (κ2) is 5.71. The molecule has 1 atom stereocenters. The minimum atomic E-state index is -0.368. The minimum absolute atomic E-state index is 0.111. The van der Waals surface area contributed by atoms with Gasteiger partial charge in [0.15, 0.2) is 0 Å². The van der Waals surface area contributed by atoms with Gasteiger partial charge in [0.25, 0.3) is 5.70 Å². The number of rotatable bonds is 3. The summed E-state index contributed by atoms with van der Waals surface area (Å²) in [5.41, 5.74) is 1.05. The van der Waals surface area contributed by atoms with Crippen molar-refractivity contribution in [2.45, 2.75) is 6.42 Å². The van der Waals surface area contributed by atoms with Gasteiger partial charge in [-0.1, -0.05) is 36.4 Å². The van der Waals surface area contributed by atoms with E-state index in [1.165, 1.54) is 5.39 Å². The van der Waals surface area contributed by atoms with E-state index in [0.29, 0.717) is 6.42 Å². The number of nitrogens with zero attached hydrogens (tertiary/aromatic N) is 2. The maximum atomic E-state index is 10.6. The molecule has 0 saturated carbocycles. The summed E-state index contributed by atoms with van der Waals surface area (Å²) in [4.78, 5) is 14.7. The van der Waals surface area contributed by atoms with Gasteiger partial charge in [0.1, 0.15) is 0 Å². The number of allylic oxidation sites excluding steroid dienone is 3. The van der Waals surface area contributed by atoms with Crippen molar-refractivity contribution in [2.24, 2.45) is 10.9 Å². The second-order valence-electron chi connectivity index (χ2n) is 4.95. The van der Waals surface area contributed by atoms with Crippen molar-refractivity contribution < 1.29 is 4.92 Å². The van der Waals surface area contributed by atoms with E-state index in [2.05, 4.69) is 17.1 Å². The monoisotopic (exact) mass is 278 g/mol. The number of aliphatic imine (C=N–C) groups is 1. The Hall–Kier alpha value is -2.75. The molecule has 0 aliphatic heterocycles. The largest absolute Gasteiger partial charge is 0.265 e. The Morgan fingerprint density at radius 1 is 1.19 bits per heavy atom. The molecule has 0 N–H and O–H groups in total. The molecule has 4 nitrogen and oxygen atoms in total. The lowest BCUT2D eigenvalue weighted by Crippen LogP contribution is -2.05. The molecule has 2 aromatic rings. The molecule has 0 bridgehead atoms. The summed E-state index contributed by atoms with van der Waals surface area (Å²) in [7, 11) is 0. The fraction of sp³-hybridized carbons (Fsp3) is 0.118. The van der Waals surface area contributed by atoms with Crippen molar-refractivity contribution in [3.05, 3.63) is 76.5 Å². The molecule has 0 radical (unpaired) electrons. The van der Waals surface area contributed by atoms with E-state index in [1.54, 1.807) is 12.2 Å². The number of benzene rings is 2. The average molecular weight is 278 g/mol. The highest BCUT2D eigenvalue weighted by atomic mass is 16.6. The van der Waals surface area contributed by atoms with Gasteiger partial charge in [-0.2, -0.15) is 0 Å². The fourth-order valence-corrected chi connectivity index (χ4v) is 2.31. The van der Waals surface area contributed by atoms with Crippen molar-refractivity contribution in [1.82, 2.24) is 0 Å². The number of fused-ring (bicyclic) bond motifs is 1. The van der Waals surface area contributed by atoms with E-state index in [4.69, 9.17) is 0 Å². The van der Waals surface area contributed by atoms with Crippen molar-refractivity contribution in [1.29, 1.82) is 0 Å². The van der Waals surface area contributed by atoms with Crippen LogP contribution in [-0.2, 0) is 0 Å². The molecule has 1 aliphatic carbocycles. The third-order valence-corrected chi connectivity index (χ3v) is 3.47. The lowest BCUT2D eigenvalue weighted by atomic mass is 10.0. The summed E-state index contributed by atoms with van der Waals surface area (Å²) in [6, 6.07) is 14.2. The highest BCUT2D eigenvalue weighted by molar-refractivity contribution is 5.85. The quantitative estimate of drug-likeness (QED) is 0.478. The normalized spacial score (nSPS) is 18.1. The highest BCUT2D eigenvalue weighted by Gasteiger charge is 2.13. The first-order valence-electron chi connectivity index (χ1n) is 6.78. The van der Waals surface area contributed by atoms with Crippen LogP contribution in [0.1, 0.15) is 6.42 Å². The molecule has 0 amide bonds. The molecule has 0 saturated heterocycles. The SMILES string of the molecule is O=[N+]([O-])C1=CCC(C=Nc2ccc3ccccc3c2)C=C1. The summed E-state index contributed by atoms with van der Waals surface area (Å²) < 4.78 is 0. The van der Waals surface area contributed by atoms with Crippen molar-refractivity contribution in [3.8, 4) is 0 Å². The first-order chi connectivity index (χ1) is 10.2. The highest BCUT2D eigenvalue weighted by Crippen LogP contribution is 2.22. The Labute approximate surface area is 122 Å². The first-order valence-corrected chi connectivity index (χ1v) is 6.78. The van der Waals surface area contributed by atoms with E-state index in [0.717, 1.165) is 11.1 Å². The maximum absolute atomic E-state index is 10.6. The molecule has 0 fully saturated rings. The summed E-state index contributed by atoms with van der Waals surface area (Å²) in [5, 5.41) is 13.0. The van der Waals surface area contributed by atoms with Gasteiger partial charge in [0.2, 0.25) is 0 Å². The Bertz CT molecular complexity index is 775. The van der Waals surface area contributed by atoms with Crippen LogP contribution in [-0.4, -0.2) is 11.1 Å². The fourth-order valence-electron chi connectivity index (χ4n) is 2.31. The van der Waals surface area contributed by atoms with Crippen LogP contribution in [0, 0.1) is 16.0 Å². The summed E-state index contributed by atoms with van der Waals surface area (Å²) in [6.07, 6.45) is 7.46. The standard InChI is InChI=1S/C17H14N2O2/c20-19(21)17-9-5-13(6-10-17)12-18-16-8-7-14-3-1-2-4-15(14)11-16/h1-5,7-13H,6H2. The third-order valence-electron chi connectivity index (χ3n) is 3.47. The van der Waals surface area contributed by atoms with Crippen LogP contribution < -0.4 is 0 Å². The summed E-state index contributed by atoms with van der Waals surface area (Å²) in [5.74, 6) is 0.111. The second-order valence-corrected chi connectivity index (χ2v) is 4.95. The van der Waals surface area contributed by atoms with Crippen LogP contribution in [0.4, 0.5) is 5.69 Å². The molecule has 0 spiro atoms. The minimum Gasteiger partial charge on any atom is -0.261 e. The van der Waals surface area contributed by atoms with Crippen molar-refractivity contribution >= 4 is 22.7 Å². The van der Waals surface area contributed by atoms with Gasteiger partial charge >= 0.3 is 0 Å². The Balaban J connectivity index is 1.74. The van der Waals surface area contributed by atoms with Gasteiger partial charge in [-0.15, -0.1) is 0 Å². The van der Waals surface area contributed by atoms with Crippen LogP contribution in [0.2, 0.25) is 0 Å². The topological polar surface area (TPSA) is 55.5 Å². The van der Waals surface area contributed by atoms with E-state index < -0.39 is 0 Å². The van der Waals surface area contributed by atoms with Gasteiger partial charge in [-0.05, 0) is 35.4 Å². The van der Waals surface area contributed by atoms with E-state index >= 15 is 0 Å². The molecular weight excluding hydrogens is 264 g/mol. The van der Waals surface area contributed by atoms with E-state index in [1.807, 2.05) is 42.6 Å². The summed E-state index contributed by atoms with van der Waals surface area (Å²) >= 11 is 0. The Morgan fingerprint density at radius 2 is 2.00 bits per heavy atom. The van der Waals surface area contributed by atoms with Crippen LogP contribution in [0.15, 0.2) is 71.4 Å². The van der Waals surface area contributed by atoms with Gasteiger partial charge < -0.3 is 0 Å². The molecule has 3 rings (SSSR count). The van der Waals surface area contributed by atoms with Gasteiger partial charge in [-0.25, -0.2) is 0 Å². The Morgan fingerprint density at radius 3 is 2.71 bits per heavy atom. The number of nitro groups is 1. The zero-order chi connectivity index (χ0) is 14.7. The zero-order valence-corrected chi connectivity index (χ0v) is 11.3. The number of hydrogen-bond acceptors (Lipinski definition) is 3. The molecule has 0 aromatic heterocycles. The van der Waals surface area contributed by atoms with E-state index in [-0.39, 0.29) is 16.5 Å². The molecule has 104 valence electrons. The third kappa shape index (κ3) is 3.05. The Kier molecular flexibility index (Phi) is 3.60. The molecule has 4 heteroatoms.